The van der Waals surface area contributed by atoms with Gasteiger partial charge in [0.05, 0.1) is 5.56 Å². The molecule has 0 radical (unpaired) electrons. The molecule has 22 heavy (non-hydrogen) atoms. The van der Waals surface area contributed by atoms with Gasteiger partial charge in [0.2, 0.25) is 0 Å². The van der Waals surface area contributed by atoms with Gasteiger partial charge >= 0.3 is 0 Å². The average molecular weight is 320 g/mol. The first kappa shape index (κ1) is 17.4. The molecule has 0 unspecified atom stereocenters. The fourth-order valence-electron chi connectivity index (χ4n) is 2.90. The molecule has 0 amide bonds. The molecule has 0 atom stereocenters. The third kappa shape index (κ3) is 4.77. The van der Waals surface area contributed by atoms with E-state index < -0.39 is 0 Å². The Labute approximate surface area is 139 Å². The van der Waals surface area contributed by atoms with Crippen molar-refractivity contribution in [2.24, 2.45) is 4.99 Å². The van der Waals surface area contributed by atoms with E-state index in [0.717, 1.165) is 42.8 Å². The van der Waals surface area contributed by atoms with Gasteiger partial charge in [-0.3, -0.25) is 4.99 Å². The minimum atomic E-state index is 0.436. The van der Waals surface area contributed by atoms with Gasteiger partial charge in [0.25, 0.3) is 0 Å². The summed E-state index contributed by atoms with van der Waals surface area (Å²) >= 11 is 1.86. The Morgan fingerprint density at radius 3 is 2.64 bits per heavy atom. The van der Waals surface area contributed by atoms with Crippen LogP contribution in [-0.4, -0.2) is 23.1 Å². The quantitative estimate of drug-likeness (QED) is 0.633. The van der Waals surface area contributed by atoms with Crippen LogP contribution in [0.25, 0.3) is 0 Å². The summed E-state index contributed by atoms with van der Waals surface area (Å²) in [6.45, 7) is 5.33. The Kier molecular flexibility index (Phi) is 7.31. The molecule has 2 nitrogen and oxygen atoms in total. The van der Waals surface area contributed by atoms with Gasteiger partial charge in [0.15, 0.2) is 0 Å². The molecule has 0 fully saturated rings. The van der Waals surface area contributed by atoms with Gasteiger partial charge in [0, 0.05) is 22.9 Å². The molecular weight excluding hydrogens is 290 g/mol. The second-order valence-corrected chi connectivity index (χ2v) is 7.22. The largest absolute Gasteiger partial charge is 0.507 e. The van der Waals surface area contributed by atoms with Crippen molar-refractivity contribution in [3.8, 4) is 5.75 Å². The maximum atomic E-state index is 10.5. The first-order valence-corrected chi connectivity index (χ1v) is 9.77. The summed E-state index contributed by atoms with van der Waals surface area (Å²) in [5.41, 5.74) is 3.39. The number of nitrogens with zero attached hydrogens (tertiary/aromatic N) is 1. The number of aromatic hydroxyl groups is 1. The number of benzene rings is 1. The van der Waals surface area contributed by atoms with Crippen LogP contribution in [0.2, 0.25) is 0 Å². The monoisotopic (exact) mass is 319 g/mol. The summed E-state index contributed by atoms with van der Waals surface area (Å²) in [5.74, 6) is 1.52. The van der Waals surface area contributed by atoms with Crippen LogP contribution >= 0.6 is 11.8 Å². The van der Waals surface area contributed by atoms with Crippen LogP contribution < -0.4 is 0 Å². The highest BCUT2D eigenvalue weighted by Gasteiger charge is 2.20. The molecule has 122 valence electrons. The number of phenolic OH excluding ortho intramolecular Hbond substituents is 1. The lowest BCUT2D eigenvalue weighted by atomic mass is 10.0. The molecule has 0 saturated heterocycles. The minimum absolute atomic E-state index is 0.436. The van der Waals surface area contributed by atoms with Crippen molar-refractivity contribution in [1.82, 2.24) is 0 Å². The van der Waals surface area contributed by atoms with E-state index in [4.69, 9.17) is 4.99 Å². The molecule has 2 rings (SSSR count). The normalized spacial score (nSPS) is 16.0. The van der Waals surface area contributed by atoms with E-state index in [1.807, 2.05) is 17.8 Å². The van der Waals surface area contributed by atoms with Crippen molar-refractivity contribution >= 4 is 17.5 Å². The van der Waals surface area contributed by atoms with E-state index in [1.165, 1.54) is 42.6 Å². The zero-order valence-corrected chi connectivity index (χ0v) is 14.8. The molecular formula is C19H29NOS. The van der Waals surface area contributed by atoms with Crippen molar-refractivity contribution in [2.45, 2.75) is 70.1 Å². The van der Waals surface area contributed by atoms with Gasteiger partial charge in [-0.15, -0.1) is 11.8 Å². The van der Waals surface area contributed by atoms with Crippen molar-refractivity contribution in [2.75, 3.05) is 12.3 Å². The number of unbranched alkanes of at least 4 members (excludes halogenated alkanes) is 4. The van der Waals surface area contributed by atoms with Gasteiger partial charge in [0.1, 0.15) is 5.75 Å². The van der Waals surface area contributed by atoms with Gasteiger partial charge in [-0.1, -0.05) is 39.5 Å². The average Bonchev–Trinajstić information content (AvgIpc) is 2.51. The number of aryl methyl sites for hydroxylation is 1. The van der Waals surface area contributed by atoms with Crippen molar-refractivity contribution < 1.29 is 5.11 Å². The number of hydrogen-bond donors (Lipinski definition) is 1. The highest BCUT2D eigenvalue weighted by Crippen LogP contribution is 2.37. The van der Waals surface area contributed by atoms with Crippen LogP contribution in [0.1, 0.15) is 69.9 Å². The highest BCUT2D eigenvalue weighted by molar-refractivity contribution is 7.99. The third-order valence-electron chi connectivity index (χ3n) is 4.16. The van der Waals surface area contributed by atoms with Crippen LogP contribution in [0.5, 0.6) is 5.75 Å². The van der Waals surface area contributed by atoms with E-state index in [2.05, 4.69) is 19.9 Å². The summed E-state index contributed by atoms with van der Waals surface area (Å²) in [4.78, 5) is 6.00. The van der Waals surface area contributed by atoms with Gasteiger partial charge in [-0.2, -0.15) is 0 Å². The van der Waals surface area contributed by atoms with Crippen LogP contribution in [0.15, 0.2) is 22.0 Å². The van der Waals surface area contributed by atoms with Gasteiger partial charge < -0.3 is 5.11 Å². The number of fused-ring (bicyclic) bond motifs is 1. The lowest BCUT2D eigenvalue weighted by Gasteiger charge is -2.20. The smallest absolute Gasteiger partial charge is 0.126 e. The maximum Gasteiger partial charge on any atom is 0.126 e. The maximum absolute atomic E-state index is 10.5. The summed E-state index contributed by atoms with van der Waals surface area (Å²) < 4.78 is 0. The Balaban J connectivity index is 2.13. The highest BCUT2D eigenvalue weighted by atomic mass is 32.2. The van der Waals surface area contributed by atoms with Gasteiger partial charge in [-0.25, -0.2) is 0 Å². The van der Waals surface area contributed by atoms with E-state index in [9.17, 15) is 5.11 Å². The molecule has 1 aliphatic heterocycles. The van der Waals surface area contributed by atoms with Crippen molar-refractivity contribution in [1.29, 1.82) is 0 Å². The second kappa shape index (κ2) is 9.24. The molecule has 1 aliphatic rings. The first-order chi connectivity index (χ1) is 10.8. The fourth-order valence-corrected chi connectivity index (χ4v) is 4.02. The first-order valence-electron chi connectivity index (χ1n) is 8.78. The fraction of sp³-hybridized carbons (Fsp3) is 0.632. The van der Waals surface area contributed by atoms with Crippen LogP contribution in [0.3, 0.4) is 0 Å². The predicted molar refractivity (Wildman–Crippen MR) is 97.6 cm³/mol. The van der Waals surface area contributed by atoms with Crippen LogP contribution in [0, 0.1) is 0 Å². The molecule has 0 aliphatic carbocycles. The Morgan fingerprint density at radius 1 is 1.09 bits per heavy atom. The molecule has 3 heteroatoms. The SMILES string of the molecule is CCCCCN=C1CCSc2cc(CCCCC)cc(O)c21. The molecule has 1 N–H and O–H groups in total. The van der Waals surface area contributed by atoms with E-state index in [1.54, 1.807) is 0 Å². The zero-order valence-electron chi connectivity index (χ0n) is 14.0. The van der Waals surface area contributed by atoms with Crippen LogP contribution in [0.4, 0.5) is 0 Å². The number of aliphatic imine (C=N–C) groups is 1. The minimum Gasteiger partial charge on any atom is -0.507 e. The molecule has 1 aromatic rings. The number of hydrogen-bond acceptors (Lipinski definition) is 3. The summed E-state index contributed by atoms with van der Waals surface area (Å²) in [6.07, 6.45) is 9.36. The Bertz CT molecular complexity index is 510. The molecule has 0 saturated carbocycles. The summed E-state index contributed by atoms with van der Waals surface area (Å²) in [7, 11) is 0. The standard InChI is InChI=1S/C19H29NOS/c1-3-5-7-9-15-13-17(21)19-16(20-11-8-6-4-2)10-12-22-18(19)14-15/h13-14,21H,3-12H2,1-2H3. The third-order valence-corrected chi connectivity index (χ3v) is 5.20. The lowest BCUT2D eigenvalue weighted by Crippen LogP contribution is -2.11. The molecule has 0 spiro atoms. The Hall–Kier alpha value is -0.960. The number of rotatable bonds is 8. The van der Waals surface area contributed by atoms with E-state index in [-0.39, 0.29) is 0 Å². The summed E-state index contributed by atoms with van der Waals surface area (Å²) in [5, 5.41) is 10.5. The molecule has 0 aromatic heterocycles. The van der Waals surface area contributed by atoms with Gasteiger partial charge in [-0.05, 0) is 43.4 Å². The van der Waals surface area contributed by atoms with Crippen molar-refractivity contribution in [3.63, 3.8) is 0 Å². The molecule has 1 heterocycles. The lowest BCUT2D eigenvalue weighted by molar-refractivity contribution is 0.471. The second-order valence-electron chi connectivity index (χ2n) is 6.08. The summed E-state index contributed by atoms with van der Waals surface area (Å²) in [6, 6.07) is 4.23. The zero-order chi connectivity index (χ0) is 15.8. The Morgan fingerprint density at radius 2 is 1.86 bits per heavy atom. The molecule has 1 aromatic carbocycles. The van der Waals surface area contributed by atoms with E-state index >= 15 is 0 Å². The van der Waals surface area contributed by atoms with Crippen LogP contribution in [-0.2, 0) is 6.42 Å². The van der Waals surface area contributed by atoms with E-state index in [0.29, 0.717) is 5.75 Å². The van der Waals surface area contributed by atoms with Crippen molar-refractivity contribution in [3.05, 3.63) is 23.3 Å². The number of phenols is 1. The predicted octanol–water partition coefficient (Wildman–Crippen LogP) is 5.60. The topological polar surface area (TPSA) is 32.6 Å². The molecule has 0 bridgehead atoms. The number of thioether (sulfide) groups is 1.